The van der Waals surface area contributed by atoms with Gasteiger partial charge in [0.2, 0.25) is 0 Å². The van der Waals surface area contributed by atoms with E-state index in [1.165, 1.54) is 45.6 Å². The Balaban J connectivity index is 2.34. The molecule has 0 spiro atoms. The van der Waals surface area contributed by atoms with E-state index in [2.05, 4.69) is 10.0 Å². The maximum absolute atomic E-state index is 13.2. The van der Waals surface area contributed by atoms with E-state index in [1.54, 1.807) is 20.8 Å². The molecule has 2 rings (SSSR count). The van der Waals surface area contributed by atoms with E-state index >= 15 is 0 Å². The van der Waals surface area contributed by atoms with E-state index in [1.807, 2.05) is 0 Å². The monoisotopic (exact) mass is 514 g/mol. The molecular formula is C22H27ClN2O8S. The van der Waals surface area contributed by atoms with Crippen molar-refractivity contribution >= 4 is 39.2 Å². The number of hydrogen-bond donors (Lipinski definition) is 2. The number of carbonyl (C=O) groups excluding carboxylic acids is 2. The van der Waals surface area contributed by atoms with Gasteiger partial charge < -0.3 is 24.3 Å². The molecule has 186 valence electrons. The molecule has 0 radical (unpaired) electrons. The largest absolute Gasteiger partial charge is 0.495 e. The summed E-state index contributed by atoms with van der Waals surface area (Å²) >= 11 is 6.13. The molecule has 0 fully saturated rings. The number of hydrogen-bond acceptors (Lipinski definition) is 8. The lowest BCUT2D eigenvalue weighted by atomic mass is 10.1. The SMILES string of the molecule is COc1cc(OC)c(NS(=O)(=O)c2cc(C(=O)OCC(=O)NC(C)(C)C)ccc2OC)cc1Cl. The van der Waals surface area contributed by atoms with Crippen LogP contribution in [-0.2, 0) is 19.6 Å². The van der Waals surface area contributed by atoms with Gasteiger partial charge in [0, 0.05) is 11.6 Å². The van der Waals surface area contributed by atoms with Gasteiger partial charge >= 0.3 is 5.97 Å². The average Bonchev–Trinajstić information content (AvgIpc) is 2.75. The van der Waals surface area contributed by atoms with Gasteiger partial charge in [-0.15, -0.1) is 0 Å². The highest BCUT2D eigenvalue weighted by Gasteiger charge is 2.25. The Labute approximate surface area is 203 Å². The van der Waals surface area contributed by atoms with Crippen LogP contribution >= 0.6 is 11.6 Å². The fraction of sp³-hybridized carbons (Fsp3) is 0.364. The van der Waals surface area contributed by atoms with Crippen molar-refractivity contribution in [1.29, 1.82) is 0 Å². The molecule has 0 unspecified atom stereocenters. The highest BCUT2D eigenvalue weighted by molar-refractivity contribution is 7.92. The van der Waals surface area contributed by atoms with Crippen molar-refractivity contribution in [2.75, 3.05) is 32.7 Å². The van der Waals surface area contributed by atoms with Crippen LogP contribution in [0.2, 0.25) is 5.02 Å². The van der Waals surface area contributed by atoms with E-state index < -0.39 is 34.0 Å². The van der Waals surface area contributed by atoms with E-state index in [9.17, 15) is 18.0 Å². The Kier molecular flexibility index (Phi) is 8.62. The van der Waals surface area contributed by atoms with Gasteiger partial charge in [0.25, 0.3) is 15.9 Å². The number of methoxy groups -OCH3 is 3. The second kappa shape index (κ2) is 10.8. The predicted molar refractivity (Wildman–Crippen MR) is 127 cm³/mol. The first-order chi connectivity index (χ1) is 15.8. The first kappa shape index (κ1) is 27.1. The maximum atomic E-state index is 13.2. The van der Waals surface area contributed by atoms with Gasteiger partial charge in [0.05, 0.1) is 37.6 Å². The first-order valence-electron chi connectivity index (χ1n) is 9.92. The molecule has 2 N–H and O–H groups in total. The fourth-order valence-corrected chi connectivity index (χ4v) is 4.32. The summed E-state index contributed by atoms with van der Waals surface area (Å²) in [6, 6.07) is 6.47. The van der Waals surface area contributed by atoms with Crippen LogP contribution in [0.3, 0.4) is 0 Å². The van der Waals surface area contributed by atoms with Crippen LogP contribution in [0.1, 0.15) is 31.1 Å². The Hall–Kier alpha value is -3.18. The van der Waals surface area contributed by atoms with Gasteiger partial charge in [-0.1, -0.05) is 11.6 Å². The smallest absolute Gasteiger partial charge is 0.338 e. The van der Waals surface area contributed by atoms with E-state index in [-0.39, 0.29) is 32.7 Å². The van der Waals surface area contributed by atoms with Gasteiger partial charge in [-0.25, -0.2) is 13.2 Å². The fourth-order valence-electron chi connectivity index (χ4n) is 2.82. The molecule has 0 aliphatic rings. The van der Waals surface area contributed by atoms with Gasteiger partial charge in [0.1, 0.15) is 22.1 Å². The Bertz CT molecular complexity index is 1180. The third kappa shape index (κ3) is 6.91. The summed E-state index contributed by atoms with van der Waals surface area (Å²) in [6.07, 6.45) is 0. The molecule has 0 bridgehead atoms. The highest BCUT2D eigenvalue weighted by atomic mass is 35.5. The van der Waals surface area contributed by atoms with Crippen LogP contribution in [0.25, 0.3) is 0 Å². The average molecular weight is 515 g/mol. The zero-order valence-electron chi connectivity index (χ0n) is 19.6. The molecule has 1 amide bonds. The Morgan fingerprint density at radius 1 is 0.941 bits per heavy atom. The lowest BCUT2D eigenvalue weighted by Gasteiger charge is -2.20. The Morgan fingerprint density at radius 2 is 1.56 bits per heavy atom. The molecule has 2 aromatic rings. The number of sulfonamides is 1. The standard InChI is InChI=1S/C22H27ClN2O8S/c1-22(2,3)24-20(26)12-33-21(27)13-7-8-16(30-4)19(9-13)34(28,29)25-15-10-14(23)17(31-5)11-18(15)32-6/h7-11,25H,12H2,1-6H3,(H,24,26). The van der Waals surface area contributed by atoms with E-state index in [4.69, 9.17) is 30.5 Å². The first-order valence-corrected chi connectivity index (χ1v) is 11.8. The molecule has 0 saturated heterocycles. The second-order valence-corrected chi connectivity index (χ2v) is 10.1. The van der Waals surface area contributed by atoms with E-state index in [0.717, 1.165) is 6.07 Å². The minimum absolute atomic E-state index is 0.0203. The third-order valence-electron chi connectivity index (χ3n) is 4.26. The maximum Gasteiger partial charge on any atom is 0.338 e. The van der Waals surface area contributed by atoms with Gasteiger partial charge in [-0.05, 0) is 45.0 Å². The van der Waals surface area contributed by atoms with Crippen LogP contribution in [0.4, 0.5) is 5.69 Å². The molecule has 10 nitrogen and oxygen atoms in total. The summed E-state index contributed by atoms with van der Waals surface area (Å²) in [4.78, 5) is 24.0. The number of ether oxygens (including phenoxy) is 4. The summed E-state index contributed by atoms with van der Waals surface area (Å²) < 4.78 is 49.2. The van der Waals surface area contributed by atoms with Crippen molar-refractivity contribution in [3.63, 3.8) is 0 Å². The van der Waals surface area contributed by atoms with Crippen LogP contribution in [0, 0.1) is 0 Å². The van der Waals surface area contributed by atoms with Crippen molar-refractivity contribution in [3.8, 4) is 17.2 Å². The van der Waals surface area contributed by atoms with Crippen molar-refractivity contribution in [2.24, 2.45) is 0 Å². The number of benzene rings is 2. The van der Waals surface area contributed by atoms with Gasteiger partial charge in [-0.3, -0.25) is 9.52 Å². The van der Waals surface area contributed by atoms with Crippen LogP contribution in [-0.4, -0.2) is 53.8 Å². The number of halogens is 1. The summed E-state index contributed by atoms with van der Waals surface area (Å²) in [5.74, 6) is -0.947. The number of carbonyl (C=O) groups is 2. The summed E-state index contributed by atoms with van der Waals surface area (Å²) in [7, 11) is -0.228. The summed E-state index contributed by atoms with van der Waals surface area (Å²) in [5.41, 5.74) is -0.547. The van der Waals surface area contributed by atoms with Crippen molar-refractivity contribution in [2.45, 2.75) is 31.2 Å². The number of amides is 1. The number of anilines is 1. The van der Waals surface area contributed by atoms with Gasteiger partial charge in [-0.2, -0.15) is 0 Å². The van der Waals surface area contributed by atoms with Crippen molar-refractivity contribution < 1.29 is 37.0 Å². The quantitative estimate of drug-likeness (QED) is 0.488. The highest BCUT2D eigenvalue weighted by Crippen LogP contribution is 2.37. The molecule has 0 heterocycles. The zero-order chi connectivity index (χ0) is 25.7. The van der Waals surface area contributed by atoms with Crippen molar-refractivity contribution in [3.05, 3.63) is 40.9 Å². The normalized spacial score (nSPS) is 11.4. The molecule has 0 aliphatic heterocycles. The van der Waals surface area contributed by atoms with E-state index in [0.29, 0.717) is 5.75 Å². The minimum atomic E-state index is -4.28. The molecular weight excluding hydrogens is 488 g/mol. The number of nitrogens with one attached hydrogen (secondary N) is 2. The number of rotatable bonds is 9. The predicted octanol–water partition coefficient (Wildman–Crippen LogP) is 3.24. The summed E-state index contributed by atoms with van der Waals surface area (Å²) in [6.45, 7) is 4.83. The van der Waals surface area contributed by atoms with Crippen LogP contribution in [0.15, 0.2) is 35.2 Å². The second-order valence-electron chi connectivity index (χ2n) is 8.03. The molecule has 34 heavy (non-hydrogen) atoms. The lowest BCUT2D eigenvalue weighted by Crippen LogP contribution is -2.42. The van der Waals surface area contributed by atoms with Gasteiger partial charge in [0.15, 0.2) is 6.61 Å². The summed E-state index contributed by atoms with van der Waals surface area (Å²) in [5, 5.41) is 2.81. The molecule has 0 atom stereocenters. The topological polar surface area (TPSA) is 129 Å². The zero-order valence-corrected chi connectivity index (χ0v) is 21.2. The molecule has 0 aliphatic carbocycles. The molecule has 12 heteroatoms. The third-order valence-corrected chi connectivity index (χ3v) is 5.94. The molecule has 0 saturated carbocycles. The number of esters is 1. The molecule has 2 aromatic carbocycles. The molecule has 0 aromatic heterocycles. The van der Waals surface area contributed by atoms with Crippen LogP contribution < -0.4 is 24.2 Å². The lowest BCUT2D eigenvalue weighted by molar-refractivity contribution is -0.125. The Morgan fingerprint density at radius 3 is 2.12 bits per heavy atom. The van der Waals surface area contributed by atoms with Crippen molar-refractivity contribution in [1.82, 2.24) is 5.32 Å². The van der Waals surface area contributed by atoms with Crippen LogP contribution in [0.5, 0.6) is 17.2 Å². The minimum Gasteiger partial charge on any atom is -0.495 e.